The summed E-state index contributed by atoms with van der Waals surface area (Å²) in [6.45, 7) is 0. The van der Waals surface area contributed by atoms with Crippen molar-refractivity contribution < 1.29 is 8.60 Å². The lowest BCUT2D eigenvalue weighted by molar-refractivity contribution is 0.627. The van der Waals surface area contributed by atoms with Crippen molar-refractivity contribution in [1.82, 2.24) is 0 Å². The molecule has 2 aromatic carbocycles. The van der Waals surface area contributed by atoms with Gasteiger partial charge < -0.3 is 5.73 Å². The maximum absolute atomic E-state index is 12.9. The largest absolute Gasteiger partial charge is 0.399 e. The lowest BCUT2D eigenvalue weighted by Gasteiger charge is -2.05. The Morgan fingerprint density at radius 3 is 2.67 bits per heavy atom. The highest BCUT2D eigenvalue weighted by molar-refractivity contribution is 7.84. The van der Waals surface area contributed by atoms with Gasteiger partial charge in [-0.2, -0.15) is 0 Å². The van der Waals surface area contributed by atoms with E-state index in [1.54, 1.807) is 30.3 Å². The summed E-state index contributed by atoms with van der Waals surface area (Å²) in [6, 6.07) is 10.9. The summed E-state index contributed by atoms with van der Waals surface area (Å²) in [5, 5.41) is 0.284. The molecule has 2 aromatic rings. The summed E-state index contributed by atoms with van der Waals surface area (Å²) in [4.78, 5) is 0.635. The van der Waals surface area contributed by atoms with Crippen molar-refractivity contribution in [1.29, 1.82) is 0 Å². The number of benzene rings is 2. The molecule has 0 saturated carbocycles. The van der Waals surface area contributed by atoms with Crippen molar-refractivity contribution >= 4 is 28.1 Å². The Hall–Kier alpha value is -1.39. The van der Waals surface area contributed by atoms with Crippen LogP contribution in [0.1, 0.15) is 5.56 Å². The molecule has 0 aliphatic carbocycles. The monoisotopic (exact) mass is 283 g/mol. The van der Waals surface area contributed by atoms with Gasteiger partial charge in [0.1, 0.15) is 5.82 Å². The highest BCUT2D eigenvalue weighted by atomic mass is 35.5. The predicted molar refractivity (Wildman–Crippen MR) is 72.4 cm³/mol. The first-order valence-corrected chi connectivity index (χ1v) is 6.94. The van der Waals surface area contributed by atoms with Crippen LogP contribution in [0.2, 0.25) is 5.02 Å². The number of halogens is 2. The lowest BCUT2D eigenvalue weighted by Crippen LogP contribution is -1.98. The highest BCUT2D eigenvalue weighted by Gasteiger charge is 2.09. The molecule has 0 fully saturated rings. The van der Waals surface area contributed by atoms with Gasteiger partial charge in [0.2, 0.25) is 0 Å². The number of hydrogen-bond donors (Lipinski definition) is 1. The molecule has 0 spiro atoms. The van der Waals surface area contributed by atoms with Crippen LogP contribution in [0.5, 0.6) is 0 Å². The summed E-state index contributed by atoms with van der Waals surface area (Å²) in [5.41, 5.74) is 6.84. The second kappa shape index (κ2) is 5.50. The van der Waals surface area contributed by atoms with E-state index in [9.17, 15) is 8.60 Å². The zero-order valence-electron chi connectivity index (χ0n) is 9.40. The molecular formula is C13H11ClFNOS. The van der Waals surface area contributed by atoms with Gasteiger partial charge in [-0.05, 0) is 35.9 Å². The van der Waals surface area contributed by atoms with Crippen molar-refractivity contribution in [2.24, 2.45) is 0 Å². The molecule has 0 heterocycles. The third-order valence-corrected chi connectivity index (χ3v) is 4.13. The Labute approximate surface area is 112 Å². The Morgan fingerprint density at radius 2 is 2.00 bits per heavy atom. The quantitative estimate of drug-likeness (QED) is 0.878. The van der Waals surface area contributed by atoms with E-state index < -0.39 is 16.6 Å². The minimum Gasteiger partial charge on any atom is -0.399 e. The fourth-order valence-corrected chi connectivity index (χ4v) is 3.03. The van der Waals surface area contributed by atoms with Crippen molar-refractivity contribution in [3.8, 4) is 0 Å². The van der Waals surface area contributed by atoms with Crippen molar-refractivity contribution in [3.05, 3.63) is 58.9 Å². The number of nitrogen functional groups attached to an aromatic ring is 1. The molecular weight excluding hydrogens is 273 g/mol. The van der Waals surface area contributed by atoms with Crippen molar-refractivity contribution in [2.45, 2.75) is 10.6 Å². The molecule has 94 valence electrons. The Kier molecular flexibility index (Phi) is 3.99. The van der Waals surface area contributed by atoms with Gasteiger partial charge in [0, 0.05) is 15.6 Å². The Balaban J connectivity index is 2.21. The number of anilines is 1. The van der Waals surface area contributed by atoms with Crippen LogP contribution in [-0.2, 0) is 16.6 Å². The number of hydrogen-bond acceptors (Lipinski definition) is 2. The average molecular weight is 284 g/mol. The van der Waals surface area contributed by atoms with Crippen LogP contribution in [-0.4, -0.2) is 4.21 Å². The fourth-order valence-electron chi connectivity index (χ4n) is 1.52. The first-order chi connectivity index (χ1) is 8.56. The average Bonchev–Trinajstić information content (AvgIpc) is 2.32. The second-order valence-corrected chi connectivity index (χ2v) is 5.66. The van der Waals surface area contributed by atoms with Crippen LogP contribution in [0.25, 0.3) is 0 Å². The third kappa shape index (κ3) is 3.09. The van der Waals surface area contributed by atoms with Crippen molar-refractivity contribution in [3.63, 3.8) is 0 Å². The molecule has 18 heavy (non-hydrogen) atoms. The van der Waals surface area contributed by atoms with E-state index in [2.05, 4.69) is 0 Å². The van der Waals surface area contributed by atoms with Gasteiger partial charge in [-0.3, -0.25) is 4.21 Å². The molecule has 0 aliphatic heterocycles. The van der Waals surface area contributed by atoms with E-state index in [-0.39, 0.29) is 10.8 Å². The molecule has 0 bridgehead atoms. The molecule has 0 aromatic heterocycles. The summed E-state index contributed by atoms with van der Waals surface area (Å²) in [7, 11) is -1.25. The van der Waals surface area contributed by atoms with E-state index in [4.69, 9.17) is 17.3 Å². The van der Waals surface area contributed by atoms with E-state index in [0.717, 1.165) is 0 Å². The zero-order valence-corrected chi connectivity index (χ0v) is 11.0. The van der Waals surface area contributed by atoms with Crippen LogP contribution >= 0.6 is 11.6 Å². The first-order valence-electron chi connectivity index (χ1n) is 5.24. The van der Waals surface area contributed by atoms with Gasteiger partial charge in [-0.25, -0.2) is 4.39 Å². The van der Waals surface area contributed by atoms with E-state index in [1.807, 2.05) is 0 Å². The maximum atomic E-state index is 12.9. The highest BCUT2D eigenvalue weighted by Crippen LogP contribution is 2.21. The molecule has 2 rings (SSSR count). The van der Waals surface area contributed by atoms with E-state index in [1.165, 1.54) is 12.1 Å². The van der Waals surface area contributed by atoms with Gasteiger partial charge in [0.25, 0.3) is 0 Å². The van der Waals surface area contributed by atoms with Crippen LogP contribution < -0.4 is 5.73 Å². The van der Waals surface area contributed by atoms with E-state index in [0.29, 0.717) is 16.1 Å². The molecule has 5 heteroatoms. The third-order valence-electron chi connectivity index (χ3n) is 2.42. The first kappa shape index (κ1) is 13.1. The molecule has 2 nitrogen and oxygen atoms in total. The summed E-state index contributed by atoms with van der Waals surface area (Å²) >= 11 is 5.89. The molecule has 0 saturated heterocycles. The molecule has 0 amide bonds. The SMILES string of the molecule is Nc1cccc(S(=O)Cc2ccc(F)cc2Cl)c1. The molecule has 0 aliphatic rings. The second-order valence-electron chi connectivity index (χ2n) is 3.80. The fraction of sp³-hybridized carbons (Fsp3) is 0.0769. The maximum Gasteiger partial charge on any atom is 0.124 e. The lowest BCUT2D eigenvalue weighted by atomic mass is 10.2. The summed E-state index contributed by atoms with van der Waals surface area (Å²) in [5.74, 6) is -0.166. The summed E-state index contributed by atoms with van der Waals surface area (Å²) in [6.07, 6.45) is 0. The number of rotatable bonds is 3. The molecule has 1 atom stereocenters. The van der Waals surface area contributed by atoms with Crippen LogP contribution in [0, 0.1) is 5.82 Å². The summed E-state index contributed by atoms with van der Waals surface area (Å²) < 4.78 is 25.0. The topological polar surface area (TPSA) is 43.1 Å². The Morgan fingerprint density at radius 1 is 1.22 bits per heavy atom. The normalized spacial score (nSPS) is 12.3. The molecule has 0 radical (unpaired) electrons. The van der Waals surface area contributed by atoms with Crippen molar-refractivity contribution in [2.75, 3.05) is 5.73 Å². The minimum absolute atomic E-state index is 0.239. The molecule has 2 N–H and O–H groups in total. The smallest absolute Gasteiger partial charge is 0.124 e. The standard InChI is InChI=1S/C13H11ClFNOS/c14-13-6-10(15)5-4-9(13)8-18(17)12-3-1-2-11(16)7-12/h1-7H,8,16H2. The van der Waals surface area contributed by atoms with Gasteiger partial charge in [-0.15, -0.1) is 0 Å². The van der Waals surface area contributed by atoms with Crippen LogP contribution in [0.4, 0.5) is 10.1 Å². The predicted octanol–water partition coefficient (Wildman–Crippen LogP) is 3.37. The minimum atomic E-state index is -1.25. The van der Waals surface area contributed by atoms with Gasteiger partial charge >= 0.3 is 0 Å². The number of nitrogens with two attached hydrogens (primary N) is 1. The van der Waals surface area contributed by atoms with E-state index >= 15 is 0 Å². The van der Waals surface area contributed by atoms with Gasteiger partial charge in [0.05, 0.1) is 16.6 Å². The van der Waals surface area contributed by atoms with Crippen LogP contribution in [0.15, 0.2) is 47.4 Å². The Bertz CT molecular complexity index is 603. The zero-order chi connectivity index (χ0) is 13.1. The van der Waals surface area contributed by atoms with Gasteiger partial charge in [-0.1, -0.05) is 23.7 Å². The van der Waals surface area contributed by atoms with Crippen LogP contribution in [0.3, 0.4) is 0 Å². The molecule has 1 unspecified atom stereocenters. The van der Waals surface area contributed by atoms with Gasteiger partial charge in [0.15, 0.2) is 0 Å².